The Hall–Kier alpha value is -0.300. The molecule has 0 amide bonds. The van der Waals surface area contributed by atoms with E-state index in [4.69, 9.17) is 0 Å². The van der Waals surface area contributed by atoms with Crippen molar-refractivity contribution in [1.29, 1.82) is 0 Å². The van der Waals surface area contributed by atoms with E-state index in [9.17, 15) is 0 Å². The number of hydrogen-bond donors (Lipinski definition) is 0. The fourth-order valence-corrected chi connectivity index (χ4v) is 3.05. The van der Waals surface area contributed by atoms with Crippen LogP contribution in [0.4, 0.5) is 0 Å². The first-order chi connectivity index (χ1) is 6.65. The summed E-state index contributed by atoms with van der Waals surface area (Å²) in [6.45, 7) is 4.69. The molecule has 14 heavy (non-hydrogen) atoms. The smallest absolute Gasteiger partial charge is 0.0178 e. The van der Waals surface area contributed by atoms with E-state index < -0.39 is 0 Å². The van der Waals surface area contributed by atoms with Crippen molar-refractivity contribution in [3.63, 3.8) is 0 Å². The van der Waals surface area contributed by atoms with Gasteiger partial charge in [0.15, 0.2) is 0 Å². The fourth-order valence-electron chi connectivity index (χ4n) is 2.69. The highest BCUT2D eigenvalue weighted by Gasteiger charge is 2.33. The monoisotopic (exact) mass is 252 g/mol. The first kappa shape index (κ1) is 10.2. The summed E-state index contributed by atoms with van der Waals surface area (Å²) < 4.78 is 1.22. The molecule has 2 rings (SSSR count). The van der Waals surface area contributed by atoms with Crippen molar-refractivity contribution in [3.8, 4) is 0 Å². The summed E-state index contributed by atoms with van der Waals surface area (Å²) in [5.74, 6) is 0. The lowest BCUT2D eigenvalue weighted by molar-refractivity contribution is 0.426. The van der Waals surface area contributed by atoms with Gasteiger partial charge in [0, 0.05) is 4.47 Å². The third kappa shape index (κ3) is 1.63. The zero-order valence-corrected chi connectivity index (χ0v) is 10.5. The minimum absolute atomic E-state index is 0.438. The van der Waals surface area contributed by atoms with Gasteiger partial charge in [-0.2, -0.15) is 0 Å². The Kier molecular flexibility index (Phi) is 2.70. The van der Waals surface area contributed by atoms with Crippen LogP contribution in [0.2, 0.25) is 0 Å². The maximum absolute atomic E-state index is 3.57. The van der Waals surface area contributed by atoms with E-state index >= 15 is 0 Å². The van der Waals surface area contributed by atoms with Crippen LogP contribution in [0.25, 0.3) is 0 Å². The van der Waals surface area contributed by atoms with E-state index in [0.29, 0.717) is 5.41 Å². The highest BCUT2D eigenvalue weighted by Crippen LogP contribution is 2.42. The largest absolute Gasteiger partial charge is 0.0654 e. The molecule has 1 aromatic rings. The van der Waals surface area contributed by atoms with Gasteiger partial charge in [0.25, 0.3) is 0 Å². The van der Waals surface area contributed by atoms with Gasteiger partial charge in [-0.15, -0.1) is 0 Å². The Morgan fingerprint density at radius 3 is 2.93 bits per heavy atom. The lowest BCUT2D eigenvalue weighted by Crippen LogP contribution is -2.17. The normalized spacial score (nSPS) is 25.1. The molecule has 1 unspecified atom stereocenters. The Labute approximate surface area is 94.8 Å². The SMILES string of the molecule is CCCC1(C)CCc2ccc(Br)cc21. The molecule has 0 aliphatic heterocycles. The molecule has 0 fully saturated rings. The summed E-state index contributed by atoms with van der Waals surface area (Å²) in [5, 5.41) is 0. The van der Waals surface area contributed by atoms with Crippen LogP contribution in [0, 0.1) is 0 Å². The van der Waals surface area contributed by atoms with Crippen molar-refractivity contribution >= 4 is 15.9 Å². The summed E-state index contributed by atoms with van der Waals surface area (Å²) in [4.78, 5) is 0. The minimum Gasteiger partial charge on any atom is -0.0654 e. The van der Waals surface area contributed by atoms with Crippen molar-refractivity contribution in [1.82, 2.24) is 0 Å². The molecule has 1 heteroatoms. The van der Waals surface area contributed by atoms with Gasteiger partial charge in [0.2, 0.25) is 0 Å². The highest BCUT2D eigenvalue weighted by atomic mass is 79.9. The molecule has 0 saturated carbocycles. The molecule has 0 radical (unpaired) electrons. The Morgan fingerprint density at radius 1 is 1.43 bits per heavy atom. The molecule has 0 heterocycles. The molecular weight excluding hydrogens is 236 g/mol. The predicted molar refractivity (Wildman–Crippen MR) is 64.7 cm³/mol. The van der Waals surface area contributed by atoms with Crippen LogP contribution in [0.1, 0.15) is 44.2 Å². The zero-order valence-electron chi connectivity index (χ0n) is 8.94. The van der Waals surface area contributed by atoms with Crippen LogP contribution >= 0.6 is 15.9 Å². The van der Waals surface area contributed by atoms with Crippen LogP contribution in [0.15, 0.2) is 22.7 Å². The van der Waals surface area contributed by atoms with Gasteiger partial charge in [-0.05, 0) is 47.9 Å². The summed E-state index contributed by atoms with van der Waals surface area (Å²) in [7, 11) is 0. The van der Waals surface area contributed by atoms with Gasteiger partial charge < -0.3 is 0 Å². The number of hydrogen-bond acceptors (Lipinski definition) is 0. The van der Waals surface area contributed by atoms with Gasteiger partial charge in [-0.3, -0.25) is 0 Å². The van der Waals surface area contributed by atoms with Crippen molar-refractivity contribution in [2.24, 2.45) is 0 Å². The molecule has 0 spiro atoms. The van der Waals surface area contributed by atoms with Crippen LogP contribution in [-0.4, -0.2) is 0 Å². The van der Waals surface area contributed by atoms with Crippen LogP contribution in [-0.2, 0) is 11.8 Å². The second-order valence-corrected chi connectivity index (χ2v) is 5.53. The van der Waals surface area contributed by atoms with Crippen LogP contribution in [0.3, 0.4) is 0 Å². The first-order valence-corrected chi connectivity index (χ1v) is 6.24. The fraction of sp³-hybridized carbons (Fsp3) is 0.538. The van der Waals surface area contributed by atoms with Gasteiger partial charge in [-0.1, -0.05) is 42.3 Å². The Morgan fingerprint density at radius 2 is 2.21 bits per heavy atom. The molecule has 0 N–H and O–H groups in total. The number of fused-ring (bicyclic) bond motifs is 1. The average molecular weight is 253 g/mol. The third-order valence-electron chi connectivity index (χ3n) is 3.47. The summed E-state index contributed by atoms with van der Waals surface area (Å²) in [6.07, 6.45) is 5.19. The number of rotatable bonds is 2. The summed E-state index contributed by atoms with van der Waals surface area (Å²) in [5.41, 5.74) is 3.58. The average Bonchev–Trinajstić information content (AvgIpc) is 2.45. The highest BCUT2D eigenvalue weighted by molar-refractivity contribution is 9.10. The van der Waals surface area contributed by atoms with E-state index in [1.807, 2.05) is 0 Å². The molecule has 1 atom stereocenters. The van der Waals surface area contributed by atoms with Crippen LogP contribution in [0.5, 0.6) is 0 Å². The number of benzene rings is 1. The molecule has 1 aliphatic carbocycles. The lowest BCUT2D eigenvalue weighted by atomic mass is 9.80. The molecule has 0 aromatic heterocycles. The van der Waals surface area contributed by atoms with Crippen molar-refractivity contribution in [2.75, 3.05) is 0 Å². The van der Waals surface area contributed by atoms with E-state index in [1.54, 1.807) is 11.1 Å². The third-order valence-corrected chi connectivity index (χ3v) is 3.96. The topological polar surface area (TPSA) is 0 Å². The molecule has 1 aliphatic rings. The van der Waals surface area contributed by atoms with Crippen LogP contribution < -0.4 is 0 Å². The maximum Gasteiger partial charge on any atom is 0.0178 e. The number of halogens is 1. The van der Waals surface area contributed by atoms with Gasteiger partial charge in [0.1, 0.15) is 0 Å². The summed E-state index contributed by atoms with van der Waals surface area (Å²) >= 11 is 3.57. The Bertz CT molecular complexity index is 339. The van der Waals surface area contributed by atoms with E-state index in [-0.39, 0.29) is 0 Å². The second-order valence-electron chi connectivity index (χ2n) is 4.61. The van der Waals surface area contributed by atoms with E-state index in [1.165, 1.54) is 30.2 Å². The minimum atomic E-state index is 0.438. The molecule has 0 bridgehead atoms. The van der Waals surface area contributed by atoms with E-state index in [2.05, 4.69) is 48.0 Å². The first-order valence-electron chi connectivity index (χ1n) is 5.44. The maximum atomic E-state index is 3.57. The molecule has 0 saturated heterocycles. The van der Waals surface area contributed by atoms with Crippen molar-refractivity contribution in [2.45, 2.75) is 44.9 Å². The molecular formula is C13H17Br. The Balaban J connectivity index is 2.41. The molecule has 76 valence electrons. The summed E-state index contributed by atoms with van der Waals surface area (Å²) in [6, 6.07) is 6.76. The molecule has 0 nitrogen and oxygen atoms in total. The predicted octanol–water partition coefficient (Wildman–Crippen LogP) is 4.45. The quantitative estimate of drug-likeness (QED) is 0.730. The van der Waals surface area contributed by atoms with Crippen molar-refractivity contribution in [3.05, 3.63) is 33.8 Å². The standard InChI is InChI=1S/C13H17Br/c1-3-7-13(2)8-6-10-4-5-11(14)9-12(10)13/h4-5,9H,3,6-8H2,1-2H3. The molecule has 1 aromatic carbocycles. The second kappa shape index (κ2) is 3.69. The van der Waals surface area contributed by atoms with Gasteiger partial charge in [0.05, 0.1) is 0 Å². The van der Waals surface area contributed by atoms with E-state index in [0.717, 1.165) is 0 Å². The lowest BCUT2D eigenvalue weighted by Gasteiger charge is -2.24. The van der Waals surface area contributed by atoms with Gasteiger partial charge >= 0.3 is 0 Å². The zero-order chi connectivity index (χ0) is 10.2. The van der Waals surface area contributed by atoms with Gasteiger partial charge in [-0.25, -0.2) is 0 Å². The number of aryl methyl sites for hydroxylation is 1. The van der Waals surface area contributed by atoms with Crippen molar-refractivity contribution < 1.29 is 0 Å².